The third-order valence-electron chi connectivity index (χ3n) is 4.78. The standard InChI is InChI=1S/C28H37NO3/c1-10-28(8,9)22-16-18-24(31-26(2,3)4)21(25(22)32-27(5,6)7)15-17-23(30)19-11-13-20(29)14-12-19/h10-18H,1,29H2,2-9H3/b17-15+. The molecular formula is C28H37NO3. The summed E-state index contributed by atoms with van der Waals surface area (Å²) in [6.45, 7) is 20.2. The molecule has 0 saturated heterocycles. The summed E-state index contributed by atoms with van der Waals surface area (Å²) in [5, 5.41) is 0. The summed E-state index contributed by atoms with van der Waals surface area (Å²) in [6.07, 6.45) is 5.23. The number of carbonyl (C=O) groups excluding carboxylic acids is 1. The van der Waals surface area contributed by atoms with E-state index in [1.165, 1.54) is 0 Å². The van der Waals surface area contributed by atoms with Crippen LogP contribution in [0.4, 0.5) is 5.69 Å². The van der Waals surface area contributed by atoms with E-state index in [2.05, 4.69) is 20.4 Å². The Labute approximate surface area is 193 Å². The van der Waals surface area contributed by atoms with Gasteiger partial charge in [-0.2, -0.15) is 0 Å². The molecule has 0 unspecified atom stereocenters. The molecule has 0 aliphatic carbocycles. The summed E-state index contributed by atoms with van der Waals surface area (Å²) in [5.74, 6) is 1.22. The second-order valence-corrected chi connectivity index (χ2v) is 10.5. The Morgan fingerprint density at radius 3 is 1.94 bits per heavy atom. The Kier molecular flexibility index (Phi) is 7.29. The van der Waals surface area contributed by atoms with E-state index in [0.29, 0.717) is 22.7 Å². The van der Waals surface area contributed by atoms with Crippen molar-refractivity contribution in [1.82, 2.24) is 0 Å². The fourth-order valence-corrected chi connectivity index (χ4v) is 3.09. The van der Waals surface area contributed by atoms with E-state index >= 15 is 0 Å². The highest BCUT2D eigenvalue weighted by Gasteiger charge is 2.28. The zero-order valence-corrected chi connectivity index (χ0v) is 20.7. The number of rotatable bonds is 7. The van der Waals surface area contributed by atoms with Gasteiger partial charge in [0.25, 0.3) is 0 Å². The lowest BCUT2D eigenvalue weighted by atomic mass is 9.82. The average molecular weight is 436 g/mol. The van der Waals surface area contributed by atoms with Gasteiger partial charge in [-0.3, -0.25) is 4.79 Å². The Hall–Kier alpha value is -3.01. The van der Waals surface area contributed by atoms with Crippen molar-refractivity contribution in [1.29, 1.82) is 0 Å². The first kappa shape index (κ1) is 25.3. The van der Waals surface area contributed by atoms with Crippen LogP contribution in [0, 0.1) is 0 Å². The van der Waals surface area contributed by atoms with Crippen LogP contribution in [0.1, 0.15) is 76.9 Å². The lowest BCUT2D eigenvalue weighted by molar-refractivity contribution is 0.104. The fraction of sp³-hybridized carbons (Fsp3) is 0.393. The van der Waals surface area contributed by atoms with Crippen LogP contribution in [-0.4, -0.2) is 17.0 Å². The molecule has 4 nitrogen and oxygen atoms in total. The predicted molar refractivity (Wildman–Crippen MR) is 135 cm³/mol. The number of ether oxygens (including phenoxy) is 2. The number of carbonyl (C=O) groups is 1. The number of nitrogens with two attached hydrogens (primary N) is 1. The number of hydrogen-bond donors (Lipinski definition) is 1. The SMILES string of the molecule is C=CC(C)(C)c1ccc(OC(C)(C)C)c(/C=C/C(=O)c2ccc(N)cc2)c1OC(C)(C)C. The minimum absolute atomic E-state index is 0.123. The van der Waals surface area contributed by atoms with Gasteiger partial charge in [-0.15, -0.1) is 6.58 Å². The predicted octanol–water partition coefficient (Wildman–Crippen LogP) is 6.98. The van der Waals surface area contributed by atoms with E-state index in [1.54, 1.807) is 36.4 Å². The molecule has 0 heterocycles. The van der Waals surface area contributed by atoms with Gasteiger partial charge >= 0.3 is 0 Å². The molecule has 4 heteroatoms. The average Bonchev–Trinajstić information content (AvgIpc) is 2.65. The van der Waals surface area contributed by atoms with Crippen molar-refractivity contribution < 1.29 is 14.3 Å². The van der Waals surface area contributed by atoms with Crippen LogP contribution in [0.5, 0.6) is 11.5 Å². The van der Waals surface area contributed by atoms with Gasteiger partial charge in [0.1, 0.15) is 22.7 Å². The highest BCUT2D eigenvalue weighted by atomic mass is 16.5. The van der Waals surface area contributed by atoms with Gasteiger partial charge in [0, 0.05) is 22.2 Å². The number of anilines is 1. The molecule has 0 bridgehead atoms. The zero-order chi connectivity index (χ0) is 24.3. The molecular weight excluding hydrogens is 398 g/mol. The van der Waals surface area contributed by atoms with Gasteiger partial charge in [-0.25, -0.2) is 0 Å². The van der Waals surface area contributed by atoms with E-state index in [0.717, 1.165) is 11.1 Å². The Morgan fingerprint density at radius 1 is 0.875 bits per heavy atom. The Bertz CT molecular complexity index is 1000. The topological polar surface area (TPSA) is 61.5 Å². The number of benzene rings is 2. The van der Waals surface area contributed by atoms with Crippen LogP contribution < -0.4 is 15.2 Å². The summed E-state index contributed by atoms with van der Waals surface area (Å²) in [6, 6.07) is 10.8. The highest BCUT2D eigenvalue weighted by molar-refractivity contribution is 6.07. The number of nitrogen functional groups attached to an aromatic ring is 1. The quantitative estimate of drug-likeness (QED) is 0.220. The van der Waals surface area contributed by atoms with Gasteiger partial charge < -0.3 is 15.2 Å². The van der Waals surface area contributed by atoms with Crippen molar-refractivity contribution in [3.8, 4) is 11.5 Å². The van der Waals surface area contributed by atoms with E-state index in [-0.39, 0.29) is 11.2 Å². The van der Waals surface area contributed by atoms with Gasteiger partial charge in [-0.1, -0.05) is 26.0 Å². The van der Waals surface area contributed by atoms with Crippen molar-refractivity contribution in [2.45, 2.75) is 72.0 Å². The van der Waals surface area contributed by atoms with Crippen LogP contribution in [0.3, 0.4) is 0 Å². The molecule has 0 amide bonds. The molecule has 32 heavy (non-hydrogen) atoms. The maximum atomic E-state index is 12.8. The molecule has 0 spiro atoms. The maximum absolute atomic E-state index is 12.8. The lowest BCUT2D eigenvalue weighted by Crippen LogP contribution is -2.27. The lowest BCUT2D eigenvalue weighted by Gasteiger charge is -2.32. The molecule has 172 valence electrons. The second-order valence-electron chi connectivity index (χ2n) is 10.5. The molecule has 0 radical (unpaired) electrons. The fourth-order valence-electron chi connectivity index (χ4n) is 3.09. The first-order valence-electron chi connectivity index (χ1n) is 10.9. The van der Waals surface area contributed by atoms with E-state index in [9.17, 15) is 4.79 Å². The first-order chi connectivity index (χ1) is 14.6. The van der Waals surface area contributed by atoms with Crippen molar-refractivity contribution in [2.24, 2.45) is 0 Å². The van der Waals surface area contributed by atoms with Gasteiger partial charge in [0.05, 0.1) is 5.56 Å². The van der Waals surface area contributed by atoms with Crippen molar-refractivity contribution >= 4 is 17.5 Å². The summed E-state index contributed by atoms with van der Waals surface area (Å²) < 4.78 is 12.7. The van der Waals surface area contributed by atoms with Crippen LogP contribution in [0.15, 0.2) is 55.1 Å². The highest BCUT2D eigenvalue weighted by Crippen LogP contribution is 2.42. The Morgan fingerprint density at radius 2 is 1.44 bits per heavy atom. The number of hydrogen-bond acceptors (Lipinski definition) is 4. The van der Waals surface area contributed by atoms with Crippen LogP contribution >= 0.6 is 0 Å². The largest absolute Gasteiger partial charge is 0.487 e. The number of allylic oxidation sites excluding steroid dienone is 2. The second kappa shape index (κ2) is 9.23. The van der Waals surface area contributed by atoms with E-state index in [4.69, 9.17) is 15.2 Å². The minimum atomic E-state index is -0.449. The molecule has 2 rings (SSSR count). The van der Waals surface area contributed by atoms with Crippen molar-refractivity contribution in [2.75, 3.05) is 5.73 Å². The van der Waals surface area contributed by atoms with Gasteiger partial charge in [0.2, 0.25) is 0 Å². The van der Waals surface area contributed by atoms with Crippen molar-refractivity contribution in [3.63, 3.8) is 0 Å². The summed E-state index contributed by atoms with van der Waals surface area (Å²) in [5.41, 5.74) is 7.42. The van der Waals surface area contributed by atoms with E-state index < -0.39 is 11.2 Å². The minimum Gasteiger partial charge on any atom is -0.487 e. The molecule has 0 fully saturated rings. The molecule has 2 N–H and O–H groups in total. The number of ketones is 1. The van der Waals surface area contributed by atoms with Crippen LogP contribution in [0.25, 0.3) is 6.08 Å². The molecule has 2 aromatic rings. The van der Waals surface area contributed by atoms with Crippen LogP contribution in [0.2, 0.25) is 0 Å². The molecule has 2 aromatic carbocycles. The summed E-state index contributed by atoms with van der Waals surface area (Å²) in [4.78, 5) is 12.8. The summed E-state index contributed by atoms with van der Waals surface area (Å²) >= 11 is 0. The van der Waals surface area contributed by atoms with Crippen molar-refractivity contribution in [3.05, 3.63) is 71.8 Å². The maximum Gasteiger partial charge on any atom is 0.185 e. The van der Waals surface area contributed by atoms with Gasteiger partial charge in [0.15, 0.2) is 5.78 Å². The molecule has 0 atom stereocenters. The van der Waals surface area contributed by atoms with E-state index in [1.807, 2.05) is 59.8 Å². The molecule has 0 saturated carbocycles. The Balaban J connectivity index is 2.70. The monoisotopic (exact) mass is 435 g/mol. The zero-order valence-electron chi connectivity index (χ0n) is 20.7. The van der Waals surface area contributed by atoms with Crippen LogP contribution in [-0.2, 0) is 5.41 Å². The summed E-state index contributed by atoms with van der Waals surface area (Å²) in [7, 11) is 0. The normalized spacial score (nSPS) is 12.6. The molecule has 0 aliphatic rings. The third kappa shape index (κ3) is 6.74. The molecule has 0 aliphatic heterocycles. The van der Waals surface area contributed by atoms with Gasteiger partial charge in [-0.05, 0) is 84.0 Å². The smallest absolute Gasteiger partial charge is 0.185 e. The first-order valence-corrected chi connectivity index (χ1v) is 10.9. The molecule has 0 aromatic heterocycles. The third-order valence-corrected chi connectivity index (χ3v) is 4.78.